The molecule has 1 aromatic heterocycles. The zero-order chi connectivity index (χ0) is 12.8. The summed E-state index contributed by atoms with van der Waals surface area (Å²) in [4.78, 5) is 0. The van der Waals surface area contributed by atoms with Gasteiger partial charge < -0.3 is 4.74 Å². The zero-order valence-corrected chi connectivity index (χ0v) is 12.1. The molecule has 96 valence electrons. The minimum absolute atomic E-state index is 0.715. The summed E-state index contributed by atoms with van der Waals surface area (Å²) < 4.78 is 7.68. The van der Waals surface area contributed by atoms with E-state index in [1.807, 2.05) is 41.2 Å². The van der Waals surface area contributed by atoms with Crippen molar-refractivity contribution >= 4 is 15.9 Å². The number of benzene rings is 1. The van der Waals surface area contributed by atoms with Gasteiger partial charge in [-0.15, -0.1) is 0 Å². The first-order chi connectivity index (χ1) is 8.81. The molecule has 0 saturated heterocycles. The molecule has 1 aromatic carbocycles. The van der Waals surface area contributed by atoms with Crippen LogP contribution in [0, 0.1) is 6.92 Å². The van der Waals surface area contributed by atoms with E-state index in [0.29, 0.717) is 6.61 Å². The van der Waals surface area contributed by atoms with Crippen molar-refractivity contribution < 1.29 is 4.74 Å². The summed E-state index contributed by atoms with van der Waals surface area (Å²) >= 11 is 3.46. The van der Waals surface area contributed by atoms with Crippen LogP contribution in [0.4, 0.5) is 0 Å². The van der Waals surface area contributed by atoms with Crippen molar-refractivity contribution in [3.63, 3.8) is 0 Å². The first-order valence-electron chi connectivity index (χ1n) is 6.06. The maximum absolute atomic E-state index is 5.65. The highest BCUT2D eigenvalue weighted by Crippen LogP contribution is 2.12. The Morgan fingerprint density at radius 3 is 2.72 bits per heavy atom. The van der Waals surface area contributed by atoms with E-state index in [4.69, 9.17) is 4.74 Å². The lowest BCUT2D eigenvalue weighted by Gasteiger charge is -2.07. The van der Waals surface area contributed by atoms with Crippen LogP contribution in [-0.4, -0.2) is 16.4 Å². The van der Waals surface area contributed by atoms with Crippen LogP contribution in [-0.2, 0) is 11.9 Å². The van der Waals surface area contributed by atoms with Gasteiger partial charge >= 0.3 is 0 Å². The second-order valence-corrected chi connectivity index (χ2v) is 4.69. The van der Waals surface area contributed by atoms with Crippen molar-refractivity contribution in [2.45, 2.75) is 25.2 Å². The summed E-state index contributed by atoms with van der Waals surface area (Å²) in [7, 11) is 0. The predicted octanol–water partition coefficient (Wildman–Crippen LogP) is 3.56. The summed E-state index contributed by atoms with van der Waals surface area (Å²) in [6.45, 7) is 3.71. The van der Waals surface area contributed by atoms with Gasteiger partial charge in [-0.05, 0) is 19.1 Å². The molecule has 0 bridgehead atoms. The van der Waals surface area contributed by atoms with E-state index >= 15 is 0 Å². The van der Waals surface area contributed by atoms with Crippen LogP contribution >= 0.6 is 15.9 Å². The van der Waals surface area contributed by atoms with Gasteiger partial charge in [-0.2, -0.15) is 5.10 Å². The largest absolute Gasteiger partial charge is 0.494 e. The van der Waals surface area contributed by atoms with E-state index in [-0.39, 0.29) is 0 Å². The number of aryl methyl sites for hydroxylation is 1. The van der Waals surface area contributed by atoms with Crippen LogP contribution in [0.1, 0.15) is 17.7 Å². The minimum Gasteiger partial charge on any atom is -0.494 e. The molecule has 0 fully saturated rings. The number of ether oxygens (including phenoxy) is 1. The molecular weight excluding hydrogens is 292 g/mol. The SMILES string of the molecule is Cc1c(CBr)cnn1CCCOc1ccccc1. The first-order valence-corrected chi connectivity index (χ1v) is 7.18. The molecule has 0 unspecified atom stereocenters. The Balaban J connectivity index is 1.77. The zero-order valence-electron chi connectivity index (χ0n) is 10.5. The summed E-state index contributed by atoms with van der Waals surface area (Å²) in [5, 5.41) is 5.22. The van der Waals surface area contributed by atoms with Crippen molar-refractivity contribution in [2.24, 2.45) is 0 Å². The van der Waals surface area contributed by atoms with Crippen LogP contribution in [0.3, 0.4) is 0 Å². The minimum atomic E-state index is 0.715. The Labute approximate surface area is 116 Å². The lowest BCUT2D eigenvalue weighted by atomic mass is 10.3. The van der Waals surface area contributed by atoms with Gasteiger partial charge in [-0.1, -0.05) is 34.1 Å². The number of halogens is 1. The van der Waals surface area contributed by atoms with E-state index in [1.165, 1.54) is 11.3 Å². The van der Waals surface area contributed by atoms with E-state index < -0.39 is 0 Å². The number of para-hydroxylation sites is 1. The van der Waals surface area contributed by atoms with Crippen molar-refractivity contribution in [3.05, 3.63) is 47.8 Å². The van der Waals surface area contributed by atoms with Crippen LogP contribution in [0.25, 0.3) is 0 Å². The summed E-state index contributed by atoms with van der Waals surface area (Å²) in [6.07, 6.45) is 2.88. The maximum atomic E-state index is 5.65. The third-order valence-electron chi connectivity index (χ3n) is 2.88. The molecule has 0 aliphatic carbocycles. The Morgan fingerprint density at radius 1 is 1.28 bits per heavy atom. The van der Waals surface area contributed by atoms with E-state index in [1.54, 1.807) is 0 Å². The Bertz CT molecular complexity index is 482. The second kappa shape index (κ2) is 6.59. The first kappa shape index (κ1) is 13.1. The number of hydrogen-bond acceptors (Lipinski definition) is 2. The topological polar surface area (TPSA) is 27.1 Å². The monoisotopic (exact) mass is 308 g/mol. The average molecular weight is 309 g/mol. The lowest BCUT2D eigenvalue weighted by molar-refractivity contribution is 0.298. The number of hydrogen-bond donors (Lipinski definition) is 0. The molecule has 0 radical (unpaired) electrons. The van der Waals surface area contributed by atoms with Gasteiger partial charge in [-0.3, -0.25) is 4.68 Å². The van der Waals surface area contributed by atoms with Gasteiger partial charge in [0, 0.05) is 29.6 Å². The Kier molecular flexibility index (Phi) is 4.81. The Morgan fingerprint density at radius 2 is 2.06 bits per heavy atom. The normalized spacial score (nSPS) is 10.6. The van der Waals surface area contributed by atoms with Crippen molar-refractivity contribution in [1.82, 2.24) is 9.78 Å². The molecule has 0 aliphatic rings. The van der Waals surface area contributed by atoms with Crippen LogP contribution in [0.15, 0.2) is 36.5 Å². The summed E-state index contributed by atoms with van der Waals surface area (Å²) in [5.41, 5.74) is 2.48. The van der Waals surface area contributed by atoms with Crippen LogP contribution in [0.5, 0.6) is 5.75 Å². The molecular formula is C14H17BrN2O. The van der Waals surface area contributed by atoms with E-state index in [9.17, 15) is 0 Å². The molecule has 1 heterocycles. The van der Waals surface area contributed by atoms with Gasteiger partial charge in [0.25, 0.3) is 0 Å². The number of aromatic nitrogens is 2. The third kappa shape index (κ3) is 3.35. The fourth-order valence-corrected chi connectivity index (χ4v) is 2.31. The molecule has 0 atom stereocenters. The highest BCUT2D eigenvalue weighted by molar-refractivity contribution is 9.08. The third-order valence-corrected chi connectivity index (χ3v) is 3.48. The Hall–Kier alpha value is -1.29. The molecule has 2 aromatic rings. The number of nitrogens with zero attached hydrogens (tertiary/aromatic N) is 2. The van der Waals surface area contributed by atoms with E-state index in [0.717, 1.165) is 24.0 Å². The van der Waals surface area contributed by atoms with E-state index in [2.05, 4.69) is 28.0 Å². The fraction of sp³-hybridized carbons (Fsp3) is 0.357. The van der Waals surface area contributed by atoms with Crippen molar-refractivity contribution in [3.8, 4) is 5.75 Å². The second-order valence-electron chi connectivity index (χ2n) is 4.13. The molecule has 3 nitrogen and oxygen atoms in total. The molecule has 18 heavy (non-hydrogen) atoms. The highest BCUT2D eigenvalue weighted by atomic mass is 79.9. The van der Waals surface area contributed by atoms with Gasteiger partial charge in [0.15, 0.2) is 0 Å². The molecule has 4 heteroatoms. The van der Waals surface area contributed by atoms with Gasteiger partial charge in [0.2, 0.25) is 0 Å². The number of rotatable bonds is 6. The number of alkyl halides is 1. The smallest absolute Gasteiger partial charge is 0.119 e. The van der Waals surface area contributed by atoms with Gasteiger partial charge in [0.1, 0.15) is 5.75 Å². The molecule has 0 spiro atoms. The maximum Gasteiger partial charge on any atom is 0.119 e. The standard InChI is InChI=1S/C14H17BrN2O/c1-12-13(10-15)11-16-17(12)8-5-9-18-14-6-3-2-4-7-14/h2-4,6-7,11H,5,8-10H2,1H3. The van der Waals surface area contributed by atoms with Crippen LogP contribution < -0.4 is 4.74 Å². The average Bonchev–Trinajstić information content (AvgIpc) is 2.77. The molecule has 2 rings (SSSR count). The van der Waals surface area contributed by atoms with Crippen LogP contribution in [0.2, 0.25) is 0 Å². The van der Waals surface area contributed by atoms with Gasteiger partial charge in [-0.25, -0.2) is 0 Å². The molecule has 0 aliphatic heterocycles. The fourth-order valence-electron chi connectivity index (χ4n) is 1.76. The molecule has 0 N–H and O–H groups in total. The van der Waals surface area contributed by atoms with Crippen molar-refractivity contribution in [1.29, 1.82) is 0 Å². The molecule has 0 saturated carbocycles. The lowest BCUT2D eigenvalue weighted by Crippen LogP contribution is -2.07. The predicted molar refractivity (Wildman–Crippen MR) is 76.1 cm³/mol. The van der Waals surface area contributed by atoms with Crippen molar-refractivity contribution in [2.75, 3.05) is 6.61 Å². The molecule has 0 amide bonds. The van der Waals surface area contributed by atoms with Gasteiger partial charge in [0.05, 0.1) is 12.8 Å². The highest BCUT2D eigenvalue weighted by Gasteiger charge is 2.04. The summed E-state index contributed by atoms with van der Waals surface area (Å²) in [6, 6.07) is 9.90. The quantitative estimate of drug-likeness (QED) is 0.603. The summed E-state index contributed by atoms with van der Waals surface area (Å²) in [5.74, 6) is 0.927.